The Balaban J connectivity index is 1.99. The molecular weight excluding hydrogens is 178 g/mol. The van der Waals surface area contributed by atoms with Crippen LogP contribution >= 0.6 is 11.3 Å². The van der Waals surface area contributed by atoms with Crippen molar-refractivity contribution in [1.29, 1.82) is 0 Å². The predicted molar refractivity (Wildman–Crippen MR) is 56.3 cm³/mol. The van der Waals surface area contributed by atoms with Crippen molar-refractivity contribution in [3.05, 3.63) is 21.4 Å². The third-order valence-corrected chi connectivity index (χ3v) is 4.45. The van der Waals surface area contributed by atoms with Gasteiger partial charge in [-0.25, -0.2) is 0 Å². The van der Waals surface area contributed by atoms with E-state index in [1.165, 1.54) is 25.7 Å². The maximum Gasteiger partial charge on any atom is 0.0112 e. The van der Waals surface area contributed by atoms with Crippen LogP contribution in [0.15, 0.2) is 5.38 Å². The van der Waals surface area contributed by atoms with Crippen molar-refractivity contribution in [2.75, 3.05) is 0 Å². The Bertz CT molecular complexity index is 325. The molecule has 1 heterocycles. The molecular formula is C11H15NS. The first-order chi connectivity index (χ1) is 6.34. The Labute approximate surface area is 83.0 Å². The molecule has 13 heavy (non-hydrogen) atoms. The van der Waals surface area contributed by atoms with Gasteiger partial charge in [-0.1, -0.05) is 0 Å². The Morgan fingerprint density at radius 1 is 1.31 bits per heavy atom. The van der Waals surface area contributed by atoms with E-state index in [0.717, 1.165) is 12.3 Å². The van der Waals surface area contributed by atoms with Gasteiger partial charge in [-0.05, 0) is 54.5 Å². The van der Waals surface area contributed by atoms with Gasteiger partial charge in [0, 0.05) is 10.9 Å². The fourth-order valence-corrected chi connectivity index (χ4v) is 3.58. The van der Waals surface area contributed by atoms with Crippen molar-refractivity contribution in [3.8, 4) is 0 Å². The first-order valence-corrected chi connectivity index (χ1v) is 6.07. The second kappa shape index (κ2) is 2.82. The summed E-state index contributed by atoms with van der Waals surface area (Å²) in [4.78, 5) is 1.67. The van der Waals surface area contributed by atoms with E-state index in [4.69, 9.17) is 5.73 Å². The molecule has 2 aliphatic rings. The average molecular weight is 193 g/mol. The molecule has 3 rings (SSSR count). The highest BCUT2D eigenvalue weighted by atomic mass is 32.1. The molecule has 0 saturated heterocycles. The Morgan fingerprint density at radius 2 is 2.15 bits per heavy atom. The molecule has 0 spiro atoms. The molecule has 2 aliphatic carbocycles. The summed E-state index contributed by atoms with van der Waals surface area (Å²) < 4.78 is 0. The van der Waals surface area contributed by atoms with Crippen molar-refractivity contribution in [2.24, 2.45) is 5.73 Å². The van der Waals surface area contributed by atoms with Gasteiger partial charge < -0.3 is 5.73 Å². The average Bonchev–Trinajstić information content (AvgIpc) is 2.87. The van der Waals surface area contributed by atoms with Gasteiger partial charge in [-0.3, -0.25) is 0 Å². The lowest BCUT2D eigenvalue weighted by Crippen LogP contribution is -2.27. The van der Waals surface area contributed by atoms with Crippen molar-refractivity contribution in [1.82, 2.24) is 0 Å². The highest BCUT2D eigenvalue weighted by Crippen LogP contribution is 2.46. The van der Waals surface area contributed by atoms with E-state index in [2.05, 4.69) is 5.38 Å². The molecule has 1 nitrogen and oxygen atoms in total. The summed E-state index contributed by atoms with van der Waals surface area (Å²) in [6.45, 7) is 0. The van der Waals surface area contributed by atoms with E-state index in [1.54, 1.807) is 16.0 Å². The van der Waals surface area contributed by atoms with Gasteiger partial charge in [0.15, 0.2) is 0 Å². The Kier molecular flexibility index (Phi) is 1.74. The minimum Gasteiger partial charge on any atom is -0.327 e. The van der Waals surface area contributed by atoms with Crippen LogP contribution in [0.4, 0.5) is 0 Å². The topological polar surface area (TPSA) is 26.0 Å². The molecule has 0 bridgehead atoms. The maximum absolute atomic E-state index is 6.00. The van der Waals surface area contributed by atoms with Gasteiger partial charge in [0.05, 0.1) is 0 Å². The number of rotatable bonds is 1. The van der Waals surface area contributed by atoms with Crippen molar-refractivity contribution < 1.29 is 0 Å². The van der Waals surface area contributed by atoms with Crippen LogP contribution in [0.5, 0.6) is 0 Å². The molecule has 2 heteroatoms. The number of nitrogens with two attached hydrogens (primary N) is 1. The van der Waals surface area contributed by atoms with E-state index >= 15 is 0 Å². The van der Waals surface area contributed by atoms with Crippen molar-refractivity contribution in [2.45, 2.75) is 44.1 Å². The monoisotopic (exact) mass is 193 g/mol. The van der Waals surface area contributed by atoms with E-state index in [0.29, 0.717) is 6.04 Å². The molecule has 1 unspecified atom stereocenters. The molecule has 0 radical (unpaired) electrons. The molecule has 1 aromatic heterocycles. The number of thiophene rings is 1. The van der Waals surface area contributed by atoms with Crippen LogP contribution in [-0.2, 0) is 12.8 Å². The van der Waals surface area contributed by atoms with E-state index in [1.807, 2.05) is 11.3 Å². The van der Waals surface area contributed by atoms with E-state index in [-0.39, 0.29) is 0 Å². The zero-order valence-electron chi connectivity index (χ0n) is 7.75. The first kappa shape index (κ1) is 8.01. The van der Waals surface area contributed by atoms with Gasteiger partial charge >= 0.3 is 0 Å². The molecule has 0 aliphatic heterocycles. The number of fused-ring (bicyclic) bond motifs is 1. The minimum absolute atomic E-state index is 0.430. The summed E-state index contributed by atoms with van der Waals surface area (Å²) in [5.41, 5.74) is 9.24. The summed E-state index contributed by atoms with van der Waals surface area (Å²) >= 11 is 1.98. The van der Waals surface area contributed by atoms with Gasteiger partial charge in [0.2, 0.25) is 0 Å². The summed E-state index contributed by atoms with van der Waals surface area (Å²) in [6.07, 6.45) is 6.39. The molecule has 1 atom stereocenters. The summed E-state index contributed by atoms with van der Waals surface area (Å²) in [5.74, 6) is 0.916. The second-order valence-corrected chi connectivity index (χ2v) is 5.29. The maximum atomic E-state index is 6.00. The molecule has 1 saturated carbocycles. The van der Waals surface area contributed by atoms with Gasteiger partial charge in [-0.2, -0.15) is 0 Å². The third kappa shape index (κ3) is 1.32. The third-order valence-electron chi connectivity index (χ3n) is 3.21. The highest BCUT2D eigenvalue weighted by molar-refractivity contribution is 7.10. The van der Waals surface area contributed by atoms with Crippen molar-refractivity contribution >= 4 is 11.3 Å². The molecule has 2 N–H and O–H groups in total. The van der Waals surface area contributed by atoms with Crippen molar-refractivity contribution in [3.63, 3.8) is 0 Å². The van der Waals surface area contributed by atoms with Crippen LogP contribution in [0.2, 0.25) is 0 Å². The minimum atomic E-state index is 0.430. The quantitative estimate of drug-likeness (QED) is 0.728. The number of aryl methyl sites for hydroxylation is 1. The zero-order chi connectivity index (χ0) is 8.84. The molecule has 1 aromatic rings. The molecule has 0 amide bonds. The normalized spacial score (nSPS) is 27.3. The molecule has 0 aromatic carbocycles. The summed E-state index contributed by atoms with van der Waals surface area (Å²) in [7, 11) is 0. The smallest absolute Gasteiger partial charge is 0.0112 e. The van der Waals surface area contributed by atoms with Crippen LogP contribution in [0.25, 0.3) is 0 Å². The van der Waals surface area contributed by atoms with Crippen LogP contribution in [-0.4, -0.2) is 6.04 Å². The van der Waals surface area contributed by atoms with Gasteiger partial charge in [-0.15, -0.1) is 11.3 Å². The summed E-state index contributed by atoms with van der Waals surface area (Å²) in [6, 6.07) is 0.430. The Morgan fingerprint density at radius 3 is 2.92 bits per heavy atom. The lowest BCUT2D eigenvalue weighted by atomic mass is 9.90. The van der Waals surface area contributed by atoms with Gasteiger partial charge in [0.1, 0.15) is 0 Å². The zero-order valence-corrected chi connectivity index (χ0v) is 8.57. The van der Waals surface area contributed by atoms with E-state index < -0.39 is 0 Å². The Hall–Kier alpha value is -0.340. The van der Waals surface area contributed by atoms with Crippen LogP contribution in [0.3, 0.4) is 0 Å². The standard InChI is InChI=1S/C11H15NS/c12-9-4-3-8-6-13-11(7-1-2-7)10(8)5-9/h6-7,9H,1-5,12H2. The highest BCUT2D eigenvalue weighted by Gasteiger charge is 2.30. The largest absolute Gasteiger partial charge is 0.327 e. The first-order valence-electron chi connectivity index (χ1n) is 5.19. The van der Waals surface area contributed by atoms with Crippen LogP contribution in [0.1, 0.15) is 41.2 Å². The fraction of sp³-hybridized carbons (Fsp3) is 0.636. The fourth-order valence-electron chi connectivity index (χ4n) is 2.27. The molecule has 1 fully saturated rings. The lowest BCUT2D eigenvalue weighted by molar-refractivity contribution is 0.576. The summed E-state index contributed by atoms with van der Waals surface area (Å²) in [5, 5.41) is 2.37. The SMILES string of the molecule is NC1CCc2csc(C3CC3)c2C1. The second-order valence-electron chi connectivity index (χ2n) is 4.38. The van der Waals surface area contributed by atoms with Crippen LogP contribution in [0, 0.1) is 0 Å². The van der Waals surface area contributed by atoms with Crippen LogP contribution < -0.4 is 5.73 Å². The van der Waals surface area contributed by atoms with E-state index in [9.17, 15) is 0 Å². The lowest BCUT2D eigenvalue weighted by Gasteiger charge is -2.19. The van der Waals surface area contributed by atoms with Gasteiger partial charge in [0.25, 0.3) is 0 Å². The predicted octanol–water partition coefficient (Wildman–Crippen LogP) is 2.44. The number of hydrogen-bond donors (Lipinski definition) is 1. The number of hydrogen-bond acceptors (Lipinski definition) is 2. The molecule has 70 valence electrons.